The molecule has 0 bridgehead atoms. The highest BCUT2D eigenvalue weighted by Gasteiger charge is 2.06. The molecule has 0 aliphatic heterocycles. The lowest BCUT2D eigenvalue weighted by Gasteiger charge is -2.01. The van der Waals surface area contributed by atoms with Crippen LogP contribution in [0.3, 0.4) is 0 Å². The van der Waals surface area contributed by atoms with Gasteiger partial charge in [0.15, 0.2) is 0 Å². The van der Waals surface area contributed by atoms with Gasteiger partial charge in [0, 0.05) is 0 Å². The normalized spacial score (nSPS) is 9.25. The maximum absolute atomic E-state index is 5.33. The number of hydrogen-bond acceptors (Lipinski definition) is 1. The van der Waals surface area contributed by atoms with Gasteiger partial charge >= 0.3 is 31.1 Å². The van der Waals surface area contributed by atoms with Crippen molar-refractivity contribution in [2.45, 2.75) is 30.8 Å². The molecule has 0 aromatic rings. The van der Waals surface area contributed by atoms with E-state index in [1.165, 1.54) is 18.1 Å². The zero-order valence-electron chi connectivity index (χ0n) is 6.11. The van der Waals surface area contributed by atoms with Crippen LogP contribution in [0.4, 0.5) is 0 Å². The first-order valence-corrected chi connectivity index (χ1v) is 6.60. The number of hydrogen-bond donors (Lipinski definition) is 0. The Bertz CT molecular complexity index is 49.7. The quantitative estimate of drug-likeness (QED) is 0.534. The van der Waals surface area contributed by atoms with Gasteiger partial charge in [-0.2, -0.15) is 0 Å². The molecule has 0 spiro atoms. The van der Waals surface area contributed by atoms with E-state index in [0.29, 0.717) is 0 Å². The van der Waals surface area contributed by atoms with Gasteiger partial charge in [0.05, 0.1) is 0 Å². The average molecular weight is 144 g/mol. The number of rotatable bonds is 4. The van der Waals surface area contributed by atoms with Crippen LogP contribution < -0.4 is 0 Å². The fourth-order valence-corrected chi connectivity index (χ4v) is 2.54. The van der Waals surface area contributed by atoms with Crippen LogP contribution in [0.2, 0.25) is 11.1 Å². The van der Waals surface area contributed by atoms with Gasteiger partial charge in [-0.15, -0.1) is 0 Å². The van der Waals surface area contributed by atoms with Crippen LogP contribution in [0.15, 0.2) is 0 Å². The Morgan fingerprint density at radius 1 is 1.62 bits per heavy atom. The van der Waals surface area contributed by atoms with Crippen molar-refractivity contribution < 1.29 is 2.84 Å². The van der Waals surface area contributed by atoms with Crippen LogP contribution in [-0.2, 0) is 2.84 Å². The van der Waals surface area contributed by atoms with Gasteiger partial charge in [-0.1, -0.05) is 30.8 Å². The molecule has 0 N–H and O–H groups in total. The lowest BCUT2D eigenvalue weighted by molar-refractivity contribution is 0.627. The second kappa shape index (κ2) is 6.15. The third-order valence-corrected chi connectivity index (χ3v) is 5.81. The molecule has 0 heterocycles. The zero-order valence-corrected chi connectivity index (χ0v) is 9.26. The summed E-state index contributed by atoms with van der Waals surface area (Å²) in [7, 11) is 0. The Labute approximate surface area is 64.9 Å². The van der Waals surface area contributed by atoms with E-state index in [1.54, 1.807) is 0 Å². The number of unbranched alkanes of at least 4 members (excludes halogenated alkanes) is 1. The van der Waals surface area contributed by atoms with Crippen molar-refractivity contribution >= 4 is 31.1 Å². The molecule has 0 aromatic carbocycles. The van der Waals surface area contributed by atoms with Gasteiger partial charge in [0.1, 0.15) is 0 Å². The van der Waals surface area contributed by atoms with Crippen LogP contribution in [0.1, 0.15) is 19.8 Å². The average Bonchev–Trinajstić information content (AvgIpc) is 1.83. The molecule has 0 unspecified atom stereocenters. The molecule has 8 heavy (non-hydrogen) atoms. The van der Waals surface area contributed by atoms with Gasteiger partial charge < -0.3 is 2.84 Å². The Morgan fingerprint density at radius 3 is 2.62 bits per heavy atom. The van der Waals surface area contributed by atoms with Crippen molar-refractivity contribution in [3.8, 4) is 0 Å². The lowest BCUT2D eigenvalue weighted by Crippen LogP contribution is -2.09. The summed E-state index contributed by atoms with van der Waals surface area (Å²) in [5.74, 6) is 2.28. The van der Waals surface area contributed by atoms with Crippen LogP contribution in [0, 0.1) is 0 Å². The Hall–Kier alpha value is 1.02. The minimum Gasteiger partial charge on any atom is -0.642 e. The van der Waals surface area contributed by atoms with Crippen molar-refractivity contribution in [3.63, 3.8) is 0 Å². The summed E-state index contributed by atoms with van der Waals surface area (Å²) in [6.45, 7) is 2.23. The lowest BCUT2D eigenvalue weighted by atomic mass is 10.4. The third-order valence-electron chi connectivity index (χ3n) is 1.37. The summed E-state index contributed by atoms with van der Waals surface area (Å²) in [6.07, 6.45) is 2.69. The van der Waals surface area contributed by atoms with Gasteiger partial charge in [0.25, 0.3) is 0 Å². The van der Waals surface area contributed by atoms with Crippen LogP contribution in [0.25, 0.3) is 0 Å². The molecule has 0 fully saturated rings. The Morgan fingerprint density at radius 2 is 2.25 bits per heavy atom. The predicted molar refractivity (Wildman–Crippen MR) is 41.0 cm³/mol. The van der Waals surface area contributed by atoms with E-state index in [2.05, 4.69) is 12.7 Å². The summed E-state index contributed by atoms with van der Waals surface area (Å²) in [6, 6.07) is 0. The van der Waals surface area contributed by atoms with E-state index in [-0.39, 0.29) is 0 Å². The largest absolute Gasteiger partial charge is 0.642 e. The van der Waals surface area contributed by atoms with Crippen molar-refractivity contribution in [1.82, 2.24) is 0 Å². The van der Waals surface area contributed by atoms with Crippen LogP contribution in [0.5, 0.6) is 0 Å². The van der Waals surface area contributed by atoms with Gasteiger partial charge in [0.2, 0.25) is 0 Å². The zero-order chi connectivity index (χ0) is 6.41. The van der Waals surface area contributed by atoms with Gasteiger partial charge in [-0.05, 0) is 0 Å². The first-order valence-electron chi connectivity index (χ1n) is 3.34. The highest BCUT2D eigenvalue weighted by Crippen LogP contribution is 1.99. The first kappa shape index (κ1) is 9.02. The molecule has 0 aliphatic rings. The van der Waals surface area contributed by atoms with E-state index in [9.17, 15) is 0 Å². The third kappa shape index (κ3) is 5.17. The molecule has 1 nitrogen and oxygen atoms in total. The van der Waals surface area contributed by atoms with Crippen molar-refractivity contribution in [2.75, 3.05) is 0 Å². The fourth-order valence-electron chi connectivity index (χ4n) is 0.609. The highest BCUT2D eigenvalue weighted by molar-refractivity contribution is 6.54. The van der Waals surface area contributed by atoms with Crippen molar-refractivity contribution in [3.05, 3.63) is 0 Å². The monoisotopic (exact) mass is 144 g/mol. The van der Waals surface area contributed by atoms with Gasteiger partial charge in [-0.3, -0.25) is 0 Å². The van der Waals surface area contributed by atoms with Gasteiger partial charge in [-0.25, -0.2) is 0 Å². The first-order chi connectivity index (χ1) is 3.81. The molecular formula is C5H14Al2O. The van der Waals surface area contributed by atoms with Crippen LogP contribution in [-0.4, -0.2) is 31.1 Å². The van der Waals surface area contributed by atoms with E-state index < -0.39 is 14.5 Å². The molecule has 0 saturated heterocycles. The van der Waals surface area contributed by atoms with Crippen LogP contribution >= 0.6 is 0 Å². The molecule has 0 radical (unpaired) electrons. The minimum absolute atomic E-state index is 0.637. The molecule has 46 valence electrons. The second-order valence-electron chi connectivity index (χ2n) is 2.19. The molecular weight excluding hydrogens is 130 g/mol. The highest BCUT2D eigenvalue weighted by atomic mass is 27.2. The smallest absolute Gasteiger partial charge is 0.426 e. The van der Waals surface area contributed by atoms with Crippen molar-refractivity contribution in [1.29, 1.82) is 0 Å². The van der Waals surface area contributed by atoms with E-state index in [1.807, 2.05) is 0 Å². The molecule has 0 saturated carbocycles. The second-order valence-corrected chi connectivity index (χ2v) is 6.27. The molecule has 0 amide bonds. The fraction of sp³-hybridized carbons (Fsp3) is 1.00. The SMILES string of the molecule is CCC[CH2][Al]([CH3])[O][AlH2]. The Kier molecular flexibility index (Phi) is 6.94. The standard InChI is InChI=1S/C4H9.CH3.2Al.O.2H/c1-3-4-2;;;;;;/h1,3-4H2,2H3;1H3;;;;;. The summed E-state index contributed by atoms with van der Waals surface area (Å²) in [4.78, 5) is 0. The van der Waals surface area contributed by atoms with E-state index in [0.717, 1.165) is 16.6 Å². The minimum atomic E-state index is -0.637. The summed E-state index contributed by atoms with van der Waals surface area (Å²) in [5.41, 5.74) is 0. The maximum Gasteiger partial charge on any atom is 0.426 e. The summed E-state index contributed by atoms with van der Waals surface area (Å²) in [5, 5.41) is 1.38. The molecule has 0 aromatic heterocycles. The van der Waals surface area contributed by atoms with E-state index >= 15 is 0 Å². The summed E-state index contributed by atoms with van der Waals surface area (Å²) >= 11 is 0.314. The van der Waals surface area contributed by atoms with Crippen molar-refractivity contribution in [2.24, 2.45) is 0 Å². The predicted octanol–water partition coefficient (Wildman–Crippen LogP) is 0.972. The molecule has 0 rings (SSSR count). The Balaban J connectivity index is 2.86. The molecule has 3 heteroatoms. The summed E-state index contributed by atoms with van der Waals surface area (Å²) < 4.78 is 5.33. The topological polar surface area (TPSA) is 9.23 Å². The maximum atomic E-state index is 5.33. The molecule has 0 aliphatic carbocycles. The molecule has 0 atom stereocenters. The van der Waals surface area contributed by atoms with E-state index in [4.69, 9.17) is 2.84 Å².